The van der Waals surface area contributed by atoms with Crippen molar-refractivity contribution < 1.29 is 13.2 Å². The van der Waals surface area contributed by atoms with Crippen molar-refractivity contribution in [2.45, 2.75) is 31.0 Å². The molecule has 106 valence electrons. The van der Waals surface area contributed by atoms with Crippen LogP contribution >= 0.6 is 0 Å². The Balaban J connectivity index is 2.26. The molecule has 2 heterocycles. The molecule has 1 aromatic rings. The summed E-state index contributed by atoms with van der Waals surface area (Å²) in [5, 5.41) is 0.0578. The zero-order valence-electron chi connectivity index (χ0n) is 11.2. The SMILES string of the molecule is CC1(C)CN(S(=O)(=O)c2ccc(CN)cn2)CCO1. The van der Waals surface area contributed by atoms with Gasteiger partial charge in [0.05, 0.1) is 12.2 Å². The number of sulfonamides is 1. The van der Waals surface area contributed by atoms with Gasteiger partial charge in [0.15, 0.2) is 5.03 Å². The van der Waals surface area contributed by atoms with Gasteiger partial charge in [0.2, 0.25) is 0 Å². The van der Waals surface area contributed by atoms with Gasteiger partial charge in [-0.05, 0) is 25.5 Å². The van der Waals surface area contributed by atoms with Crippen molar-refractivity contribution in [3.63, 3.8) is 0 Å². The summed E-state index contributed by atoms with van der Waals surface area (Å²) in [6.45, 7) is 5.17. The highest BCUT2D eigenvalue weighted by Gasteiger charge is 2.35. The Kier molecular flexibility index (Phi) is 3.91. The van der Waals surface area contributed by atoms with Gasteiger partial charge in [0, 0.05) is 25.8 Å². The average Bonchev–Trinajstić information content (AvgIpc) is 2.37. The minimum Gasteiger partial charge on any atom is -0.373 e. The van der Waals surface area contributed by atoms with Gasteiger partial charge in [0.1, 0.15) is 0 Å². The molecule has 0 aliphatic carbocycles. The van der Waals surface area contributed by atoms with Crippen LogP contribution in [0.4, 0.5) is 0 Å². The maximum absolute atomic E-state index is 12.5. The van der Waals surface area contributed by atoms with E-state index in [1.807, 2.05) is 13.8 Å². The summed E-state index contributed by atoms with van der Waals surface area (Å²) in [6, 6.07) is 3.19. The standard InChI is InChI=1S/C12H19N3O3S/c1-12(2)9-15(5-6-18-12)19(16,17)11-4-3-10(7-13)8-14-11/h3-4,8H,5-7,9,13H2,1-2H3. The molecule has 1 aliphatic rings. The van der Waals surface area contributed by atoms with E-state index < -0.39 is 15.6 Å². The molecule has 2 rings (SSSR count). The fraction of sp³-hybridized carbons (Fsp3) is 0.583. The number of nitrogens with two attached hydrogens (primary N) is 1. The first-order chi connectivity index (χ1) is 8.85. The van der Waals surface area contributed by atoms with Crippen molar-refractivity contribution in [3.8, 4) is 0 Å². The summed E-state index contributed by atoms with van der Waals surface area (Å²) in [6.07, 6.45) is 1.50. The summed E-state index contributed by atoms with van der Waals surface area (Å²) in [5.74, 6) is 0. The predicted molar refractivity (Wildman–Crippen MR) is 70.9 cm³/mol. The number of hydrogen-bond donors (Lipinski definition) is 1. The normalized spacial score (nSPS) is 20.4. The lowest BCUT2D eigenvalue weighted by atomic mass is 10.1. The number of aromatic nitrogens is 1. The minimum atomic E-state index is -3.56. The topological polar surface area (TPSA) is 85.5 Å². The molecule has 0 unspecified atom stereocenters. The number of ether oxygens (including phenoxy) is 1. The van der Waals surface area contributed by atoms with Gasteiger partial charge in [-0.2, -0.15) is 4.31 Å². The fourth-order valence-corrected chi connectivity index (χ4v) is 3.48. The smallest absolute Gasteiger partial charge is 0.260 e. The molecule has 6 nitrogen and oxygen atoms in total. The minimum absolute atomic E-state index is 0.0578. The monoisotopic (exact) mass is 285 g/mol. The molecule has 19 heavy (non-hydrogen) atoms. The number of nitrogens with zero attached hydrogens (tertiary/aromatic N) is 2. The molecule has 1 aromatic heterocycles. The Labute approximate surface area is 113 Å². The quantitative estimate of drug-likeness (QED) is 0.865. The largest absolute Gasteiger partial charge is 0.373 e. The molecule has 0 amide bonds. The molecule has 0 atom stereocenters. The maximum atomic E-state index is 12.5. The Hall–Kier alpha value is -1.02. The van der Waals surface area contributed by atoms with Crippen LogP contribution in [0.2, 0.25) is 0 Å². The first-order valence-corrected chi connectivity index (χ1v) is 7.58. The van der Waals surface area contributed by atoms with E-state index in [1.165, 1.54) is 16.6 Å². The lowest BCUT2D eigenvalue weighted by Gasteiger charge is -2.37. The highest BCUT2D eigenvalue weighted by Crippen LogP contribution is 2.22. The van der Waals surface area contributed by atoms with E-state index in [9.17, 15) is 8.42 Å². The fourth-order valence-electron chi connectivity index (χ4n) is 1.99. The van der Waals surface area contributed by atoms with E-state index in [1.54, 1.807) is 6.07 Å². The Morgan fingerprint density at radius 3 is 2.74 bits per heavy atom. The van der Waals surface area contributed by atoms with Gasteiger partial charge in [-0.15, -0.1) is 0 Å². The lowest BCUT2D eigenvalue weighted by Crippen LogP contribution is -2.50. The van der Waals surface area contributed by atoms with E-state index in [0.717, 1.165) is 5.56 Å². The van der Waals surface area contributed by atoms with Crippen molar-refractivity contribution in [3.05, 3.63) is 23.9 Å². The van der Waals surface area contributed by atoms with Crippen LogP contribution in [0.15, 0.2) is 23.4 Å². The van der Waals surface area contributed by atoms with E-state index >= 15 is 0 Å². The van der Waals surface area contributed by atoms with Gasteiger partial charge in [0.25, 0.3) is 10.0 Å². The zero-order chi connectivity index (χ0) is 14.1. The second-order valence-corrected chi connectivity index (χ2v) is 7.04. The third kappa shape index (κ3) is 3.11. The number of hydrogen-bond acceptors (Lipinski definition) is 5. The first kappa shape index (κ1) is 14.4. The van der Waals surface area contributed by atoms with E-state index in [-0.39, 0.29) is 5.03 Å². The molecule has 0 saturated carbocycles. The van der Waals surface area contributed by atoms with Crippen LogP contribution in [0, 0.1) is 0 Å². The van der Waals surface area contributed by atoms with E-state index in [4.69, 9.17) is 10.5 Å². The maximum Gasteiger partial charge on any atom is 0.260 e. The van der Waals surface area contributed by atoms with Crippen LogP contribution in [0.1, 0.15) is 19.4 Å². The van der Waals surface area contributed by atoms with Crippen molar-refractivity contribution in [2.24, 2.45) is 5.73 Å². The summed E-state index contributed by atoms with van der Waals surface area (Å²) in [5.41, 5.74) is 5.81. The van der Waals surface area contributed by atoms with Crippen LogP contribution in [0.3, 0.4) is 0 Å². The zero-order valence-corrected chi connectivity index (χ0v) is 12.0. The first-order valence-electron chi connectivity index (χ1n) is 6.14. The molecular formula is C12H19N3O3S. The van der Waals surface area contributed by atoms with Crippen LogP contribution in [0.25, 0.3) is 0 Å². The molecule has 0 spiro atoms. The van der Waals surface area contributed by atoms with Crippen molar-refractivity contribution in [2.75, 3.05) is 19.7 Å². The highest BCUT2D eigenvalue weighted by molar-refractivity contribution is 7.89. The molecule has 0 bridgehead atoms. The molecule has 7 heteroatoms. The Morgan fingerprint density at radius 2 is 2.21 bits per heavy atom. The van der Waals surface area contributed by atoms with Crippen molar-refractivity contribution >= 4 is 10.0 Å². The van der Waals surface area contributed by atoms with E-state index in [0.29, 0.717) is 26.2 Å². The lowest BCUT2D eigenvalue weighted by molar-refractivity contribution is -0.0640. The molecular weight excluding hydrogens is 266 g/mol. The van der Waals surface area contributed by atoms with Crippen LogP contribution in [0.5, 0.6) is 0 Å². The summed E-state index contributed by atoms with van der Waals surface area (Å²) >= 11 is 0. The molecule has 1 saturated heterocycles. The third-order valence-electron chi connectivity index (χ3n) is 3.03. The summed E-state index contributed by atoms with van der Waals surface area (Å²) < 4.78 is 31.8. The second kappa shape index (κ2) is 5.16. The predicted octanol–water partition coefficient (Wildman–Crippen LogP) is 0.340. The van der Waals surface area contributed by atoms with E-state index in [2.05, 4.69) is 4.98 Å². The van der Waals surface area contributed by atoms with Crippen molar-refractivity contribution in [1.29, 1.82) is 0 Å². The van der Waals surface area contributed by atoms with Crippen LogP contribution < -0.4 is 5.73 Å². The Bertz CT molecular complexity index is 540. The Morgan fingerprint density at radius 1 is 1.47 bits per heavy atom. The number of pyridine rings is 1. The molecule has 0 radical (unpaired) electrons. The van der Waals surface area contributed by atoms with Crippen LogP contribution in [-0.2, 0) is 21.3 Å². The summed E-state index contributed by atoms with van der Waals surface area (Å²) in [4.78, 5) is 3.99. The molecule has 1 fully saturated rings. The molecule has 2 N–H and O–H groups in total. The average molecular weight is 285 g/mol. The van der Waals surface area contributed by atoms with Gasteiger partial charge >= 0.3 is 0 Å². The summed E-state index contributed by atoms with van der Waals surface area (Å²) in [7, 11) is -3.56. The number of rotatable bonds is 3. The van der Waals surface area contributed by atoms with Gasteiger partial charge in [-0.3, -0.25) is 0 Å². The molecule has 1 aliphatic heterocycles. The van der Waals surface area contributed by atoms with Crippen molar-refractivity contribution in [1.82, 2.24) is 9.29 Å². The van der Waals surface area contributed by atoms with Crippen LogP contribution in [-0.4, -0.2) is 43.0 Å². The van der Waals surface area contributed by atoms with Gasteiger partial charge in [-0.25, -0.2) is 13.4 Å². The van der Waals surface area contributed by atoms with Gasteiger partial charge in [-0.1, -0.05) is 6.07 Å². The molecule has 0 aromatic carbocycles. The van der Waals surface area contributed by atoms with Gasteiger partial charge < -0.3 is 10.5 Å². The highest BCUT2D eigenvalue weighted by atomic mass is 32.2. The number of morpholine rings is 1. The second-order valence-electron chi connectivity index (χ2n) is 5.16. The third-order valence-corrected chi connectivity index (χ3v) is 4.79.